The molecule has 0 spiro atoms. The number of amides is 1. The summed E-state index contributed by atoms with van der Waals surface area (Å²) in [5.74, 6) is 1.70. The minimum absolute atomic E-state index is 0.151. The highest BCUT2D eigenvalue weighted by atomic mass is 16.5. The normalized spacial score (nSPS) is 21.8. The molecule has 3 heterocycles. The molecule has 150 valence electrons. The Balaban J connectivity index is 1.50. The van der Waals surface area contributed by atoms with Crippen molar-refractivity contribution >= 4 is 11.6 Å². The van der Waals surface area contributed by atoms with E-state index in [0.717, 1.165) is 47.8 Å². The van der Waals surface area contributed by atoms with Crippen LogP contribution in [-0.2, 0) is 4.79 Å². The minimum atomic E-state index is -0.353. The fraction of sp³-hybridized carbons (Fsp3) is 0.269. The number of rotatable bonds is 1. The molecule has 3 aliphatic heterocycles. The van der Waals surface area contributed by atoms with Crippen LogP contribution in [0.1, 0.15) is 40.5 Å². The van der Waals surface area contributed by atoms with Crippen LogP contribution in [-0.4, -0.2) is 25.0 Å². The first-order valence-electron chi connectivity index (χ1n) is 10.7. The van der Waals surface area contributed by atoms with E-state index in [2.05, 4.69) is 35.3 Å². The molecule has 1 N–H and O–H groups in total. The number of aryl methyl sites for hydroxylation is 1. The molecule has 2 atom stereocenters. The number of para-hydroxylation sites is 2. The molecule has 1 saturated heterocycles. The molecular weight excluding hydrogens is 372 g/mol. The van der Waals surface area contributed by atoms with E-state index in [1.54, 1.807) is 0 Å². The van der Waals surface area contributed by atoms with Gasteiger partial charge in [0.1, 0.15) is 11.5 Å². The van der Waals surface area contributed by atoms with Crippen LogP contribution in [0.2, 0.25) is 0 Å². The molecule has 4 heteroatoms. The Bertz CT molecular complexity index is 1110. The van der Waals surface area contributed by atoms with Gasteiger partial charge in [0.25, 0.3) is 0 Å². The van der Waals surface area contributed by atoms with Crippen LogP contribution in [0.3, 0.4) is 0 Å². The third-order valence-electron chi connectivity index (χ3n) is 6.78. The number of hydrogen-bond donors (Lipinski definition) is 1. The van der Waals surface area contributed by atoms with Gasteiger partial charge < -0.3 is 15.0 Å². The largest absolute Gasteiger partial charge is 0.457 e. The van der Waals surface area contributed by atoms with Crippen LogP contribution in [0, 0.1) is 6.92 Å². The van der Waals surface area contributed by atoms with Gasteiger partial charge in [0.05, 0.1) is 5.92 Å². The summed E-state index contributed by atoms with van der Waals surface area (Å²) < 4.78 is 6.13. The zero-order valence-corrected chi connectivity index (χ0v) is 17.0. The van der Waals surface area contributed by atoms with E-state index in [1.165, 1.54) is 11.1 Å². The van der Waals surface area contributed by atoms with Gasteiger partial charge in [0, 0.05) is 35.3 Å². The summed E-state index contributed by atoms with van der Waals surface area (Å²) >= 11 is 0. The molecule has 0 aromatic heterocycles. The predicted molar refractivity (Wildman–Crippen MR) is 117 cm³/mol. The zero-order chi connectivity index (χ0) is 20.2. The Morgan fingerprint density at radius 3 is 2.40 bits per heavy atom. The Hall–Kier alpha value is -3.11. The topological polar surface area (TPSA) is 41.6 Å². The molecule has 0 aliphatic carbocycles. The number of nitrogens with zero attached hydrogens (tertiary/aromatic N) is 1. The third-order valence-corrected chi connectivity index (χ3v) is 6.78. The van der Waals surface area contributed by atoms with E-state index in [9.17, 15) is 4.79 Å². The van der Waals surface area contributed by atoms with Gasteiger partial charge >= 0.3 is 0 Å². The first kappa shape index (κ1) is 17.7. The number of benzene rings is 3. The summed E-state index contributed by atoms with van der Waals surface area (Å²) in [5, 5.41) is 3.53. The average Bonchev–Trinajstić information content (AvgIpc) is 3.10. The van der Waals surface area contributed by atoms with Crippen molar-refractivity contribution in [3.8, 4) is 11.5 Å². The van der Waals surface area contributed by atoms with Crippen molar-refractivity contribution in [1.82, 2.24) is 5.32 Å². The maximum absolute atomic E-state index is 14.3. The van der Waals surface area contributed by atoms with Crippen LogP contribution in [0.4, 0.5) is 5.69 Å². The fourth-order valence-electron chi connectivity index (χ4n) is 5.44. The summed E-state index contributed by atoms with van der Waals surface area (Å²) in [6, 6.07) is 22.6. The molecule has 2 unspecified atom stereocenters. The molecular formula is C26H24N2O2. The smallest absolute Gasteiger partial charge is 0.239 e. The molecule has 4 nitrogen and oxygen atoms in total. The lowest BCUT2D eigenvalue weighted by atomic mass is 9.85. The minimum Gasteiger partial charge on any atom is -0.457 e. The van der Waals surface area contributed by atoms with Crippen LogP contribution in [0.15, 0.2) is 66.7 Å². The van der Waals surface area contributed by atoms with Gasteiger partial charge in [-0.2, -0.15) is 0 Å². The number of fused-ring (bicyclic) bond motifs is 5. The first-order chi connectivity index (χ1) is 14.7. The molecule has 0 radical (unpaired) electrons. The van der Waals surface area contributed by atoms with Gasteiger partial charge in [0.15, 0.2) is 0 Å². The van der Waals surface area contributed by atoms with Crippen molar-refractivity contribution in [2.75, 3.05) is 18.0 Å². The van der Waals surface area contributed by atoms with Gasteiger partial charge in [-0.25, -0.2) is 0 Å². The van der Waals surface area contributed by atoms with E-state index in [4.69, 9.17) is 4.74 Å². The molecule has 0 bridgehead atoms. The van der Waals surface area contributed by atoms with Crippen molar-refractivity contribution < 1.29 is 9.53 Å². The van der Waals surface area contributed by atoms with Crippen molar-refractivity contribution in [2.24, 2.45) is 0 Å². The van der Waals surface area contributed by atoms with Crippen molar-refractivity contribution in [3.05, 3.63) is 89.0 Å². The van der Waals surface area contributed by atoms with Gasteiger partial charge in [-0.3, -0.25) is 4.79 Å². The average molecular weight is 396 g/mol. The summed E-state index contributed by atoms with van der Waals surface area (Å²) in [5.41, 5.74) is 5.52. The lowest BCUT2D eigenvalue weighted by molar-refractivity contribution is -0.119. The van der Waals surface area contributed by atoms with Crippen molar-refractivity contribution in [1.29, 1.82) is 0 Å². The molecule has 30 heavy (non-hydrogen) atoms. The number of nitrogens with one attached hydrogen (secondary N) is 1. The first-order valence-corrected chi connectivity index (χ1v) is 10.7. The van der Waals surface area contributed by atoms with E-state index < -0.39 is 0 Å². The van der Waals surface area contributed by atoms with E-state index in [0.29, 0.717) is 5.92 Å². The molecule has 0 saturated carbocycles. The molecule has 3 aromatic rings. The van der Waals surface area contributed by atoms with Crippen LogP contribution < -0.4 is 15.0 Å². The summed E-state index contributed by atoms with van der Waals surface area (Å²) in [6.07, 6.45) is 0.969. The Morgan fingerprint density at radius 2 is 1.67 bits per heavy atom. The molecule has 1 fully saturated rings. The number of carbonyl (C=O) groups excluding carboxylic acids is 1. The van der Waals surface area contributed by atoms with E-state index >= 15 is 0 Å². The summed E-state index contributed by atoms with van der Waals surface area (Å²) in [4.78, 5) is 16.4. The lowest BCUT2D eigenvalue weighted by Crippen LogP contribution is -2.48. The second-order valence-electron chi connectivity index (χ2n) is 8.55. The number of anilines is 1. The molecule has 1 amide bonds. The molecule has 3 aliphatic rings. The second kappa shape index (κ2) is 6.71. The van der Waals surface area contributed by atoms with Gasteiger partial charge in [0.2, 0.25) is 5.91 Å². The summed E-state index contributed by atoms with van der Waals surface area (Å²) in [6.45, 7) is 3.99. The Morgan fingerprint density at radius 1 is 0.967 bits per heavy atom. The molecule has 3 aromatic carbocycles. The van der Waals surface area contributed by atoms with Crippen LogP contribution >= 0.6 is 0 Å². The number of piperidine rings is 1. The SMILES string of the molecule is Cc1ccc2c(c1)C1CNCCC1N2C(=O)C1c2ccccc2Oc2ccccc21. The monoisotopic (exact) mass is 396 g/mol. The number of hydrogen-bond acceptors (Lipinski definition) is 3. The Labute approximate surface area is 176 Å². The zero-order valence-electron chi connectivity index (χ0n) is 17.0. The fourth-order valence-corrected chi connectivity index (χ4v) is 5.44. The second-order valence-corrected chi connectivity index (χ2v) is 8.55. The number of ether oxygens (including phenoxy) is 1. The third kappa shape index (κ3) is 2.53. The van der Waals surface area contributed by atoms with E-state index in [1.807, 2.05) is 48.5 Å². The predicted octanol–water partition coefficient (Wildman–Crippen LogP) is 4.72. The quantitative estimate of drug-likeness (QED) is 0.647. The van der Waals surface area contributed by atoms with Crippen molar-refractivity contribution in [2.45, 2.75) is 31.2 Å². The van der Waals surface area contributed by atoms with Crippen molar-refractivity contribution in [3.63, 3.8) is 0 Å². The number of carbonyl (C=O) groups is 1. The van der Waals surface area contributed by atoms with Crippen LogP contribution in [0.25, 0.3) is 0 Å². The lowest BCUT2D eigenvalue weighted by Gasteiger charge is -2.36. The van der Waals surface area contributed by atoms with Gasteiger partial charge in [-0.15, -0.1) is 0 Å². The maximum atomic E-state index is 14.3. The summed E-state index contributed by atoms with van der Waals surface area (Å²) in [7, 11) is 0. The van der Waals surface area contributed by atoms with E-state index in [-0.39, 0.29) is 17.9 Å². The maximum Gasteiger partial charge on any atom is 0.239 e. The highest BCUT2D eigenvalue weighted by Gasteiger charge is 2.46. The highest BCUT2D eigenvalue weighted by Crippen LogP contribution is 2.49. The highest BCUT2D eigenvalue weighted by molar-refractivity contribution is 6.04. The standard InChI is InChI=1S/C26H24N2O2/c1-16-10-11-21-19(14-16)20-15-27-13-12-22(20)28(21)26(29)25-17-6-2-4-8-23(17)30-24-9-5-3-7-18(24)25/h2-11,14,20,22,25,27H,12-13,15H2,1H3. The molecule has 6 rings (SSSR count). The Kier molecular flexibility index (Phi) is 3.96. The van der Waals surface area contributed by atoms with Crippen LogP contribution in [0.5, 0.6) is 11.5 Å². The van der Waals surface area contributed by atoms with Gasteiger partial charge in [-0.05, 0) is 43.7 Å². The van der Waals surface area contributed by atoms with Gasteiger partial charge in [-0.1, -0.05) is 54.1 Å².